The first kappa shape index (κ1) is 12.6. The van der Waals surface area contributed by atoms with E-state index in [0.29, 0.717) is 17.2 Å². The van der Waals surface area contributed by atoms with E-state index in [2.05, 4.69) is 19.9 Å². The van der Waals surface area contributed by atoms with Crippen LogP contribution in [0.15, 0.2) is 36.8 Å². The van der Waals surface area contributed by atoms with E-state index in [-0.39, 0.29) is 12.7 Å². The number of aliphatic hydroxyl groups excluding tert-OH is 1. The molecule has 0 bridgehead atoms. The zero-order valence-electron chi connectivity index (χ0n) is 10.9. The Balaban J connectivity index is 1.95. The molecule has 2 heterocycles. The van der Waals surface area contributed by atoms with Crippen LogP contribution in [-0.4, -0.2) is 37.8 Å². The molecule has 0 aliphatic carbocycles. The Labute approximate surface area is 115 Å². The van der Waals surface area contributed by atoms with E-state index >= 15 is 0 Å². The van der Waals surface area contributed by atoms with Gasteiger partial charge < -0.3 is 14.8 Å². The summed E-state index contributed by atoms with van der Waals surface area (Å²) in [6.45, 7) is 1.79. The normalized spacial score (nSPS) is 12.5. The molecule has 1 aromatic carbocycles. The van der Waals surface area contributed by atoms with Crippen molar-refractivity contribution in [2.24, 2.45) is 0 Å². The molecule has 6 heteroatoms. The summed E-state index contributed by atoms with van der Waals surface area (Å²) in [4.78, 5) is 15.6. The molecule has 0 aliphatic rings. The molecule has 0 unspecified atom stereocenters. The largest absolute Gasteiger partial charge is 0.488 e. The number of fused-ring (bicyclic) bond motifs is 1. The molecule has 3 aromatic rings. The number of benzene rings is 1. The second-order valence-corrected chi connectivity index (χ2v) is 4.48. The highest BCUT2D eigenvalue weighted by Crippen LogP contribution is 2.23. The summed E-state index contributed by atoms with van der Waals surface area (Å²) >= 11 is 0. The highest BCUT2D eigenvalue weighted by molar-refractivity contribution is 5.75. The number of imidazole rings is 1. The van der Waals surface area contributed by atoms with Crippen LogP contribution in [0, 0.1) is 0 Å². The third-order valence-electron chi connectivity index (χ3n) is 2.86. The quantitative estimate of drug-likeness (QED) is 0.755. The number of aliphatic hydroxyl groups is 1. The standard InChI is InChI=1S/C14H14N4O2/c1-9(7-19)20-11-4-2-3-10(5-11)13-17-12-6-15-8-16-14(12)18-13/h2-6,8-9,19H,7H2,1H3,(H,15,16,17,18)/t9-/m0/s1. The third kappa shape index (κ3) is 2.46. The Bertz CT molecular complexity index is 693. The summed E-state index contributed by atoms with van der Waals surface area (Å²) in [5.74, 6) is 1.40. The fourth-order valence-electron chi connectivity index (χ4n) is 1.88. The molecule has 2 aromatic heterocycles. The van der Waals surface area contributed by atoms with Gasteiger partial charge in [0.25, 0.3) is 0 Å². The molecule has 20 heavy (non-hydrogen) atoms. The number of ether oxygens (including phenoxy) is 1. The van der Waals surface area contributed by atoms with E-state index in [0.717, 1.165) is 11.1 Å². The summed E-state index contributed by atoms with van der Waals surface area (Å²) in [5, 5.41) is 9.02. The minimum Gasteiger partial charge on any atom is -0.488 e. The molecule has 0 radical (unpaired) electrons. The lowest BCUT2D eigenvalue weighted by Crippen LogP contribution is -2.16. The predicted octanol–water partition coefficient (Wildman–Crippen LogP) is 1.78. The maximum Gasteiger partial charge on any atom is 0.181 e. The minimum absolute atomic E-state index is 0.0234. The number of hydrogen-bond acceptors (Lipinski definition) is 5. The van der Waals surface area contributed by atoms with Crippen molar-refractivity contribution in [1.29, 1.82) is 0 Å². The number of aromatic amines is 1. The molecule has 1 atom stereocenters. The number of aromatic nitrogens is 4. The average Bonchev–Trinajstić information content (AvgIpc) is 2.91. The van der Waals surface area contributed by atoms with Crippen LogP contribution < -0.4 is 4.74 Å². The van der Waals surface area contributed by atoms with Gasteiger partial charge in [-0.25, -0.2) is 15.0 Å². The van der Waals surface area contributed by atoms with E-state index in [9.17, 15) is 0 Å². The number of nitrogens with one attached hydrogen (secondary N) is 1. The number of rotatable bonds is 4. The Morgan fingerprint density at radius 3 is 3.10 bits per heavy atom. The molecule has 2 N–H and O–H groups in total. The molecule has 0 aliphatic heterocycles. The van der Waals surface area contributed by atoms with Crippen molar-refractivity contribution in [3.63, 3.8) is 0 Å². The monoisotopic (exact) mass is 270 g/mol. The fraction of sp³-hybridized carbons (Fsp3) is 0.214. The molecule has 0 saturated carbocycles. The summed E-state index contributed by atoms with van der Waals surface area (Å²) in [5.41, 5.74) is 2.31. The zero-order valence-corrected chi connectivity index (χ0v) is 10.9. The van der Waals surface area contributed by atoms with Crippen LogP contribution in [0.25, 0.3) is 22.6 Å². The molecule has 0 fully saturated rings. The van der Waals surface area contributed by atoms with Crippen molar-refractivity contribution in [3.05, 3.63) is 36.8 Å². The topological polar surface area (TPSA) is 83.9 Å². The fourth-order valence-corrected chi connectivity index (χ4v) is 1.88. The Kier molecular flexibility index (Phi) is 3.30. The summed E-state index contributed by atoms with van der Waals surface area (Å²) < 4.78 is 5.58. The van der Waals surface area contributed by atoms with Crippen LogP contribution in [0.5, 0.6) is 5.75 Å². The molecule has 0 spiro atoms. The van der Waals surface area contributed by atoms with Crippen molar-refractivity contribution >= 4 is 11.2 Å². The lowest BCUT2D eigenvalue weighted by atomic mass is 10.2. The van der Waals surface area contributed by atoms with Crippen LogP contribution in [-0.2, 0) is 0 Å². The molecular weight excluding hydrogens is 256 g/mol. The molecule has 3 rings (SSSR count). The van der Waals surface area contributed by atoms with Gasteiger partial charge in [0.05, 0.1) is 12.8 Å². The predicted molar refractivity (Wildman–Crippen MR) is 74.3 cm³/mol. The second-order valence-electron chi connectivity index (χ2n) is 4.48. The highest BCUT2D eigenvalue weighted by atomic mass is 16.5. The minimum atomic E-state index is -0.244. The number of H-pyrrole nitrogens is 1. The van der Waals surface area contributed by atoms with Gasteiger partial charge in [0.1, 0.15) is 29.5 Å². The smallest absolute Gasteiger partial charge is 0.181 e. The summed E-state index contributed by atoms with van der Waals surface area (Å²) in [6, 6.07) is 7.53. The molecule has 0 amide bonds. The van der Waals surface area contributed by atoms with Crippen molar-refractivity contribution in [2.45, 2.75) is 13.0 Å². The maximum atomic E-state index is 9.02. The Morgan fingerprint density at radius 2 is 2.30 bits per heavy atom. The van der Waals surface area contributed by atoms with Crippen LogP contribution in [0.3, 0.4) is 0 Å². The lowest BCUT2D eigenvalue weighted by molar-refractivity contribution is 0.130. The zero-order chi connectivity index (χ0) is 13.9. The van der Waals surface area contributed by atoms with Gasteiger partial charge in [0.15, 0.2) is 5.65 Å². The first-order chi connectivity index (χ1) is 9.76. The van der Waals surface area contributed by atoms with E-state index < -0.39 is 0 Å². The number of nitrogens with zero attached hydrogens (tertiary/aromatic N) is 3. The van der Waals surface area contributed by atoms with Crippen molar-refractivity contribution in [2.75, 3.05) is 6.61 Å². The van der Waals surface area contributed by atoms with Gasteiger partial charge in [-0.1, -0.05) is 12.1 Å². The van der Waals surface area contributed by atoms with Gasteiger partial charge in [0.2, 0.25) is 0 Å². The molecule has 102 valence electrons. The van der Waals surface area contributed by atoms with Crippen molar-refractivity contribution < 1.29 is 9.84 Å². The summed E-state index contributed by atoms with van der Waals surface area (Å²) in [6.07, 6.45) is 2.91. The van der Waals surface area contributed by atoms with Crippen molar-refractivity contribution in [1.82, 2.24) is 19.9 Å². The first-order valence-corrected chi connectivity index (χ1v) is 6.30. The van der Waals surface area contributed by atoms with Crippen molar-refractivity contribution in [3.8, 4) is 17.1 Å². The average molecular weight is 270 g/mol. The van der Waals surface area contributed by atoms with Crippen LogP contribution >= 0.6 is 0 Å². The first-order valence-electron chi connectivity index (χ1n) is 6.30. The van der Waals surface area contributed by atoms with Gasteiger partial charge >= 0.3 is 0 Å². The van der Waals surface area contributed by atoms with Crippen LogP contribution in [0.1, 0.15) is 6.92 Å². The van der Waals surface area contributed by atoms with Gasteiger partial charge in [-0.15, -0.1) is 0 Å². The lowest BCUT2D eigenvalue weighted by Gasteiger charge is -2.12. The highest BCUT2D eigenvalue weighted by Gasteiger charge is 2.08. The van der Waals surface area contributed by atoms with E-state index in [1.807, 2.05) is 31.2 Å². The van der Waals surface area contributed by atoms with Gasteiger partial charge in [-0.2, -0.15) is 0 Å². The van der Waals surface area contributed by atoms with Gasteiger partial charge in [-0.3, -0.25) is 0 Å². The van der Waals surface area contributed by atoms with Gasteiger partial charge in [-0.05, 0) is 19.1 Å². The Morgan fingerprint density at radius 1 is 1.40 bits per heavy atom. The Hall–Kier alpha value is -2.47. The van der Waals surface area contributed by atoms with Gasteiger partial charge in [0, 0.05) is 5.56 Å². The SMILES string of the molecule is C[C@@H](CO)Oc1cccc(-c2nc3ncncc3[nH]2)c1. The van der Waals surface area contributed by atoms with Crippen LogP contribution in [0.4, 0.5) is 0 Å². The third-order valence-corrected chi connectivity index (χ3v) is 2.86. The van der Waals surface area contributed by atoms with E-state index in [1.54, 1.807) is 6.20 Å². The van der Waals surface area contributed by atoms with E-state index in [1.165, 1.54) is 6.33 Å². The summed E-state index contributed by atoms with van der Waals surface area (Å²) in [7, 11) is 0. The molecule has 0 saturated heterocycles. The second kappa shape index (κ2) is 5.26. The maximum absolute atomic E-state index is 9.02. The molecular formula is C14H14N4O2. The number of hydrogen-bond donors (Lipinski definition) is 2. The molecule has 6 nitrogen and oxygen atoms in total. The van der Waals surface area contributed by atoms with Crippen LogP contribution in [0.2, 0.25) is 0 Å². The van der Waals surface area contributed by atoms with E-state index in [4.69, 9.17) is 9.84 Å².